The molecule has 2 fully saturated rings. The normalized spacial score (nSPS) is 33.2. The maximum absolute atomic E-state index is 11.9. The van der Waals surface area contributed by atoms with E-state index >= 15 is 0 Å². The van der Waals surface area contributed by atoms with E-state index in [9.17, 15) is 14.4 Å². The van der Waals surface area contributed by atoms with E-state index in [0.29, 0.717) is 32.3 Å². The lowest BCUT2D eigenvalue weighted by Gasteiger charge is -2.42. The third-order valence-corrected chi connectivity index (χ3v) is 4.23. The zero-order valence-corrected chi connectivity index (χ0v) is 11.9. The van der Waals surface area contributed by atoms with Crippen molar-refractivity contribution in [2.75, 3.05) is 13.7 Å². The van der Waals surface area contributed by atoms with Gasteiger partial charge in [-0.2, -0.15) is 0 Å². The molecule has 0 spiro atoms. The summed E-state index contributed by atoms with van der Waals surface area (Å²) in [5.74, 6) is -0.414. The highest BCUT2D eigenvalue weighted by atomic mass is 16.5. The van der Waals surface area contributed by atoms with Crippen LogP contribution in [0.3, 0.4) is 0 Å². The summed E-state index contributed by atoms with van der Waals surface area (Å²) < 4.78 is 9.83. The summed E-state index contributed by atoms with van der Waals surface area (Å²) in [7, 11) is 1.33. The minimum Gasteiger partial charge on any atom is -0.468 e. The number of nitrogens with one attached hydrogen (secondary N) is 1. The minimum atomic E-state index is -0.536. The summed E-state index contributed by atoms with van der Waals surface area (Å²) in [5, 5.41) is 3.04. The van der Waals surface area contributed by atoms with Crippen LogP contribution in [0.4, 0.5) is 0 Å². The Labute approximate surface area is 118 Å². The summed E-state index contributed by atoms with van der Waals surface area (Å²) in [6.45, 7) is 2.04. The highest BCUT2D eigenvalue weighted by Crippen LogP contribution is 2.37. The van der Waals surface area contributed by atoms with Crippen molar-refractivity contribution in [2.24, 2.45) is 11.8 Å². The first kappa shape index (κ1) is 15.0. The number of carbonyl (C=O) groups excluding carboxylic acids is 3. The van der Waals surface area contributed by atoms with Crippen LogP contribution in [0.15, 0.2) is 0 Å². The molecular weight excluding hydrogens is 262 g/mol. The number of hydrogen-bond donors (Lipinski definition) is 1. The van der Waals surface area contributed by atoms with E-state index in [0.717, 1.165) is 0 Å². The van der Waals surface area contributed by atoms with Crippen molar-refractivity contribution in [1.29, 1.82) is 0 Å². The third kappa shape index (κ3) is 3.00. The topological polar surface area (TPSA) is 81.7 Å². The molecule has 112 valence electrons. The van der Waals surface area contributed by atoms with E-state index in [1.807, 2.05) is 0 Å². The molecule has 0 aromatic rings. The predicted molar refractivity (Wildman–Crippen MR) is 69.8 cm³/mol. The van der Waals surface area contributed by atoms with Gasteiger partial charge in [-0.15, -0.1) is 0 Å². The first-order valence-corrected chi connectivity index (χ1v) is 7.09. The van der Waals surface area contributed by atoms with Gasteiger partial charge in [-0.25, -0.2) is 0 Å². The summed E-state index contributed by atoms with van der Waals surface area (Å²) in [4.78, 5) is 35.4. The van der Waals surface area contributed by atoms with Crippen molar-refractivity contribution in [3.8, 4) is 0 Å². The van der Waals surface area contributed by atoms with Gasteiger partial charge in [-0.3, -0.25) is 19.7 Å². The van der Waals surface area contributed by atoms with Crippen LogP contribution in [0.1, 0.15) is 32.6 Å². The van der Waals surface area contributed by atoms with E-state index in [-0.39, 0.29) is 29.6 Å². The Morgan fingerprint density at radius 3 is 2.75 bits per heavy atom. The standard InChI is InChI=1S/C14H21NO5/c1-3-20-13(17)11-7-8-6-9(16)4-5-10(8)12(15-11)14(18)19-2/h8,10-12,15H,3-7H2,1-2H3. The maximum atomic E-state index is 11.9. The fraction of sp³-hybridized carbons (Fsp3) is 0.786. The zero-order chi connectivity index (χ0) is 14.7. The van der Waals surface area contributed by atoms with Gasteiger partial charge in [0, 0.05) is 12.8 Å². The molecule has 6 heteroatoms. The Morgan fingerprint density at radius 2 is 2.10 bits per heavy atom. The largest absolute Gasteiger partial charge is 0.468 e. The lowest BCUT2D eigenvalue weighted by molar-refractivity contribution is -0.154. The van der Waals surface area contributed by atoms with Gasteiger partial charge in [0.2, 0.25) is 0 Å². The first-order valence-electron chi connectivity index (χ1n) is 7.09. The molecule has 1 N–H and O–H groups in total. The Kier molecular flexibility index (Phi) is 4.75. The van der Waals surface area contributed by atoms with Crippen LogP contribution in [-0.2, 0) is 23.9 Å². The number of piperidine rings is 1. The number of ether oxygens (including phenoxy) is 2. The second-order valence-corrected chi connectivity index (χ2v) is 5.41. The summed E-state index contributed by atoms with van der Waals surface area (Å²) in [5.41, 5.74) is 0. The van der Waals surface area contributed by atoms with Crippen molar-refractivity contribution in [2.45, 2.75) is 44.7 Å². The number of methoxy groups -OCH3 is 1. The van der Waals surface area contributed by atoms with E-state index < -0.39 is 12.1 Å². The van der Waals surface area contributed by atoms with Crippen LogP contribution in [-0.4, -0.2) is 43.5 Å². The van der Waals surface area contributed by atoms with Gasteiger partial charge in [-0.05, 0) is 31.6 Å². The molecule has 20 heavy (non-hydrogen) atoms. The number of esters is 2. The Balaban J connectivity index is 2.15. The Hall–Kier alpha value is -1.43. The average Bonchev–Trinajstić information content (AvgIpc) is 2.45. The van der Waals surface area contributed by atoms with Crippen molar-refractivity contribution in [1.82, 2.24) is 5.32 Å². The molecule has 0 bridgehead atoms. The zero-order valence-electron chi connectivity index (χ0n) is 11.9. The second-order valence-electron chi connectivity index (χ2n) is 5.41. The van der Waals surface area contributed by atoms with E-state index in [4.69, 9.17) is 9.47 Å². The van der Waals surface area contributed by atoms with Gasteiger partial charge in [0.25, 0.3) is 0 Å². The van der Waals surface area contributed by atoms with Gasteiger partial charge in [0.1, 0.15) is 17.9 Å². The number of ketones is 1. The molecule has 1 heterocycles. The van der Waals surface area contributed by atoms with Gasteiger partial charge in [-0.1, -0.05) is 0 Å². The highest BCUT2D eigenvalue weighted by molar-refractivity contribution is 5.83. The van der Waals surface area contributed by atoms with Gasteiger partial charge in [0.05, 0.1) is 13.7 Å². The summed E-state index contributed by atoms with van der Waals surface area (Å²) >= 11 is 0. The molecule has 0 aromatic carbocycles. The average molecular weight is 283 g/mol. The molecule has 6 nitrogen and oxygen atoms in total. The monoisotopic (exact) mass is 283 g/mol. The fourth-order valence-corrected chi connectivity index (χ4v) is 3.29. The number of carbonyl (C=O) groups is 3. The Bertz CT molecular complexity index is 408. The molecule has 4 unspecified atom stereocenters. The molecule has 4 atom stereocenters. The smallest absolute Gasteiger partial charge is 0.323 e. The molecular formula is C14H21NO5. The second kappa shape index (κ2) is 6.35. The maximum Gasteiger partial charge on any atom is 0.323 e. The number of rotatable bonds is 3. The molecule has 1 aliphatic heterocycles. The van der Waals surface area contributed by atoms with Gasteiger partial charge in [0.15, 0.2) is 0 Å². The minimum absolute atomic E-state index is 0.0519. The molecule has 1 aliphatic carbocycles. The van der Waals surface area contributed by atoms with Crippen molar-refractivity contribution in [3.63, 3.8) is 0 Å². The fourth-order valence-electron chi connectivity index (χ4n) is 3.29. The van der Waals surface area contributed by atoms with E-state index in [1.165, 1.54) is 7.11 Å². The molecule has 1 saturated heterocycles. The van der Waals surface area contributed by atoms with E-state index in [1.54, 1.807) is 6.92 Å². The van der Waals surface area contributed by atoms with E-state index in [2.05, 4.69) is 5.32 Å². The molecule has 1 saturated carbocycles. The summed E-state index contributed by atoms with van der Waals surface area (Å²) in [6, 6.07) is -1.06. The molecule has 0 radical (unpaired) electrons. The summed E-state index contributed by atoms with van der Waals surface area (Å²) in [6.07, 6.45) is 2.16. The predicted octanol–water partition coefficient (Wildman–Crippen LogP) is 0.438. The lowest BCUT2D eigenvalue weighted by atomic mass is 9.69. The van der Waals surface area contributed by atoms with Gasteiger partial charge >= 0.3 is 11.9 Å². The number of fused-ring (bicyclic) bond motifs is 1. The van der Waals surface area contributed by atoms with Crippen LogP contribution < -0.4 is 5.32 Å². The molecule has 2 rings (SSSR count). The molecule has 2 aliphatic rings. The molecule has 0 amide bonds. The van der Waals surface area contributed by atoms with Gasteiger partial charge < -0.3 is 9.47 Å². The van der Waals surface area contributed by atoms with Crippen LogP contribution in [0.2, 0.25) is 0 Å². The number of Topliss-reactive ketones (excluding diaryl/α,β-unsaturated/α-hetero) is 1. The SMILES string of the molecule is CCOC(=O)C1CC2CC(=O)CCC2C(C(=O)OC)N1. The van der Waals surface area contributed by atoms with Crippen molar-refractivity contribution < 1.29 is 23.9 Å². The van der Waals surface area contributed by atoms with Crippen LogP contribution >= 0.6 is 0 Å². The van der Waals surface area contributed by atoms with Crippen LogP contribution in [0, 0.1) is 11.8 Å². The molecule has 0 aromatic heterocycles. The lowest BCUT2D eigenvalue weighted by Crippen LogP contribution is -2.59. The first-order chi connectivity index (χ1) is 9.56. The van der Waals surface area contributed by atoms with Crippen LogP contribution in [0.5, 0.6) is 0 Å². The van der Waals surface area contributed by atoms with Crippen molar-refractivity contribution in [3.05, 3.63) is 0 Å². The van der Waals surface area contributed by atoms with Crippen molar-refractivity contribution >= 4 is 17.7 Å². The third-order valence-electron chi connectivity index (χ3n) is 4.23. The quantitative estimate of drug-likeness (QED) is 0.757. The Morgan fingerprint density at radius 1 is 1.35 bits per heavy atom. The highest BCUT2D eigenvalue weighted by Gasteiger charge is 2.46. The van der Waals surface area contributed by atoms with Crippen LogP contribution in [0.25, 0.3) is 0 Å². The number of hydrogen-bond acceptors (Lipinski definition) is 6.